The van der Waals surface area contributed by atoms with E-state index in [0.717, 1.165) is 16.4 Å². The Morgan fingerprint density at radius 1 is 1.36 bits per heavy atom. The molecule has 0 N–H and O–H groups in total. The molecular formula is C7H7O2S2-. The molecule has 0 fully saturated rings. The van der Waals surface area contributed by atoms with Crippen molar-refractivity contribution in [2.24, 2.45) is 0 Å². The third kappa shape index (κ3) is 3.55. The summed E-state index contributed by atoms with van der Waals surface area (Å²) in [5.41, 5.74) is 1.03. The molecular weight excluding hydrogens is 180 g/mol. The molecule has 1 aromatic carbocycles. The highest BCUT2D eigenvalue weighted by Crippen LogP contribution is 2.13. The first kappa shape index (κ1) is 8.77. The van der Waals surface area contributed by atoms with Gasteiger partial charge in [0.15, 0.2) is 0 Å². The highest BCUT2D eigenvalue weighted by Gasteiger charge is 1.90. The van der Waals surface area contributed by atoms with Crippen molar-refractivity contribution in [1.82, 2.24) is 0 Å². The lowest BCUT2D eigenvalue weighted by molar-refractivity contribution is 0.553. The smallest absolute Gasteiger partial charge is 0.0301 e. The van der Waals surface area contributed by atoms with Crippen molar-refractivity contribution in [3.05, 3.63) is 35.9 Å². The second kappa shape index (κ2) is 4.54. The largest absolute Gasteiger partial charge is 0.764 e. The summed E-state index contributed by atoms with van der Waals surface area (Å²) in [5.74, 6) is 0.525. The summed E-state index contributed by atoms with van der Waals surface area (Å²) in [5, 5.41) is 0. The van der Waals surface area contributed by atoms with Crippen molar-refractivity contribution in [3.63, 3.8) is 0 Å². The van der Waals surface area contributed by atoms with Crippen LogP contribution in [-0.4, -0.2) is 8.76 Å². The predicted molar refractivity (Wildman–Crippen MR) is 46.7 cm³/mol. The van der Waals surface area contributed by atoms with Gasteiger partial charge < -0.3 is 4.55 Å². The van der Waals surface area contributed by atoms with Crippen LogP contribution in [0.1, 0.15) is 5.56 Å². The van der Waals surface area contributed by atoms with Crippen LogP contribution in [0.15, 0.2) is 30.3 Å². The van der Waals surface area contributed by atoms with E-state index in [1.807, 2.05) is 30.3 Å². The molecule has 0 aliphatic carbocycles. The fourth-order valence-corrected chi connectivity index (χ4v) is 1.81. The van der Waals surface area contributed by atoms with Gasteiger partial charge in [0.1, 0.15) is 0 Å². The molecule has 1 rings (SSSR count). The van der Waals surface area contributed by atoms with Crippen LogP contribution in [0.2, 0.25) is 0 Å². The molecule has 0 aromatic heterocycles. The van der Waals surface area contributed by atoms with Gasteiger partial charge in [-0.15, -0.1) is 0 Å². The second-order valence-corrected chi connectivity index (χ2v) is 4.41. The van der Waals surface area contributed by atoms with E-state index in [4.69, 9.17) is 0 Å². The van der Waals surface area contributed by atoms with Crippen LogP contribution in [0.25, 0.3) is 0 Å². The van der Waals surface area contributed by atoms with E-state index in [-0.39, 0.29) is 0 Å². The minimum atomic E-state index is -2.00. The third-order valence-electron chi connectivity index (χ3n) is 1.16. The number of rotatable bonds is 3. The Balaban J connectivity index is 2.45. The van der Waals surface area contributed by atoms with Crippen LogP contribution in [0.3, 0.4) is 0 Å². The average Bonchev–Trinajstić information content (AvgIpc) is 2.03. The summed E-state index contributed by atoms with van der Waals surface area (Å²) in [7, 11) is -1.10. The molecule has 0 radical (unpaired) electrons. The van der Waals surface area contributed by atoms with Crippen LogP contribution in [0, 0.1) is 0 Å². The molecule has 0 amide bonds. The standard InChI is InChI=1S/C7H8O2S2/c8-11(9)10-6-7-4-2-1-3-5-7/h1-5H,6H2,(H,8,9)/p-1. The second-order valence-electron chi connectivity index (χ2n) is 1.95. The third-order valence-corrected chi connectivity index (χ3v) is 2.74. The Kier molecular flexibility index (Phi) is 3.62. The van der Waals surface area contributed by atoms with E-state index in [0.29, 0.717) is 5.75 Å². The van der Waals surface area contributed by atoms with E-state index >= 15 is 0 Å². The summed E-state index contributed by atoms with van der Waals surface area (Å²) in [6.07, 6.45) is 0. The zero-order chi connectivity index (χ0) is 8.10. The Hall–Kier alpha value is -0.320. The highest BCUT2D eigenvalue weighted by molar-refractivity contribution is 8.66. The fraction of sp³-hybridized carbons (Fsp3) is 0.143. The zero-order valence-corrected chi connectivity index (χ0v) is 7.36. The molecule has 1 atom stereocenters. The van der Waals surface area contributed by atoms with E-state index in [1.165, 1.54) is 0 Å². The van der Waals surface area contributed by atoms with Crippen LogP contribution < -0.4 is 0 Å². The predicted octanol–water partition coefficient (Wildman–Crippen LogP) is 1.71. The van der Waals surface area contributed by atoms with Gasteiger partial charge in [0.25, 0.3) is 0 Å². The van der Waals surface area contributed by atoms with Gasteiger partial charge in [-0.25, -0.2) is 0 Å². The Morgan fingerprint density at radius 3 is 2.55 bits per heavy atom. The van der Waals surface area contributed by atoms with Crippen molar-refractivity contribution >= 4 is 20.9 Å². The normalized spacial score (nSPS) is 12.8. The summed E-state index contributed by atoms with van der Waals surface area (Å²) < 4.78 is 20.3. The van der Waals surface area contributed by atoms with Crippen LogP contribution in [0.5, 0.6) is 0 Å². The van der Waals surface area contributed by atoms with E-state index in [2.05, 4.69) is 0 Å². The summed E-state index contributed by atoms with van der Waals surface area (Å²) in [6, 6.07) is 9.50. The molecule has 0 saturated carbocycles. The summed E-state index contributed by atoms with van der Waals surface area (Å²) >= 11 is 0. The highest BCUT2D eigenvalue weighted by atomic mass is 33.1. The molecule has 4 heteroatoms. The lowest BCUT2D eigenvalue weighted by atomic mass is 10.2. The average molecular weight is 187 g/mol. The van der Waals surface area contributed by atoms with Crippen LogP contribution in [-0.2, 0) is 15.9 Å². The maximum atomic E-state index is 10.1. The van der Waals surface area contributed by atoms with E-state index < -0.39 is 10.1 Å². The van der Waals surface area contributed by atoms with Gasteiger partial charge in [0.05, 0.1) is 0 Å². The van der Waals surface area contributed by atoms with Gasteiger partial charge in [-0.3, -0.25) is 4.21 Å². The minimum absolute atomic E-state index is 0.525. The van der Waals surface area contributed by atoms with Gasteiger partial charge in [-0.1, -0.05) is 41.1 Å². The molecule has 0 saturated heterocycles. The molecule has 60 valence electrons. The van der Waals surface area contributed by atoms with Gasteiger partial charge in [0, 0.05) is 15.9 Å². The number of hydrogen-bond donors (Lipinski definition) is 0. The Bertz CT molecular complexity index is 235. The molecule has 0 heterocycles. The van der Waals surface area contributed by atoms with E-state index in [1.54, 1.807) is 0 Å². The zero-order valence-electron chi connectivity index (χ0n) is 5.73. The quantitative estimate of drug-likeness (QED) is 0.534. The van der Waals surface area contributed by atoms with Gasteiger partial charge >= 0.3 is 0 Å². The maximum absolute atomic E-state index is 10.1. The molecule has 0 bridgehead atoms. The summed E-state index contributed by atoms with van der Waals surface area (Å²) in [6.45, 7) is 0. The molecule has 0 spiro atoms. The Morgan fingerprint density at radius 2 is 2.00 bits per heavy atom. The lowest BCUT2D eigenvalue weighted by Gasteiger charge is -2.02. The van der Waals surface area contributed by atoms with E-state index in [9.17, 15) is 8.76 Å². The van der Waals surface area contributed by atoms with Gasteiger partial charge in [-0.05, 0) is 5.56 Å². The first-order valence-corrected chi connectivity index (χ1v) is 5.63. The molecule has 11 heavy (non-hydrogen) atoms. The first-order chi connectivity index (χ1) is 5.29. The first-order valence-electron chi connectivity index (χ1n) is 3.05. The van der Waals surface area contributed by atoms with Crippen molar-refractivity contribution in [1.29, 1.82) is 0 Å². The fourth-order valence-electron chi connectivity index (χ4n) is 0.690. The maximum Gasteiger partial charge on any atom is 0.0301 e. The topological polar surface area (TPSA) is 40.1 Å². The van der Waals surface area contributed by atoms with Crippen molar-refractivity contribution in [3.8, 4) is 0 Å². The molecule has 0 aliphatic heterocycles. The van der Waals surface area contributed by atoms with Crippen LogP contribution in [0.4, 0.5) is 0 Å². The Labute approximate surface area is 71.7 Å². The van der Waals surface area contributed by atoms with Gasteiger partial charge in [0.2, 0.25) is 0 Å². The van der Waals surface area contributed by atoms with Gasteiger partial charge in [-0.2, -0.15) is 0 Å². The van der Waals surface area contributed by atoms with Crippen LogP contribution >= 0.6 is 10.8 Å². The SMILES string of the molecule is O=S([O-])SCc1ccccc1. The summed E-state index contributed by atoms with van der Waals surface area (Å²) in [4.78, 5) is 0. The lowest BCUT2D eigenvalue weighted by Crippen LogP contribution is -1.82. The minimum Gasteiger partial charge on any atom is -0.764 e. The molecule has 0 aliphatic rings. The monoisotopic (exact) mass is 187 g/mol. The van der Waals surface area contributed by atoms with Crippen molar-refractivity contribution in [2.45, 2.75) is 5.75 Å². The molecule has 1 unspecified atom stereocenters. The number of benzene rings is 1. The van der Waals surface area contributed by atoms with Crippen molar-refractivity contribution < 1.29 is 8.76 Å². The number of hydrogen-bond acceptors (Lipinski definition) is 3. The van der Waals surface area contributed by atoms with Crippen molar-refractivity contribution in [2.75, 3.05) is 0 Å². The molecule has 1 aromatic rings. The molecule has 2 nitrogen and oxygen atoms in total.